The molecule has 2 aromatic carbocycles. The summed E-state index contributed by atoms with van der Waals surface area (Å²) in [4.78, 5) is 7.35. The highest BCUT2D eigenvalue weighted by molar-refractivity contribution is 6.32. The van der Waals surface area contributed by atoms with Gasteiger partial charge in [0.15, 0.2) is 0 Å². The maximum atomic E-state index is 6.47. The van der Waals surface area contributed by atoms with Crippen molar-refractivity contribution in [3.63, 3.8) is 0 Å². The average molecular weight is 448 g/mol. The van der Waals surface area contributed by atoms with Crippen LogP contribution in [-0.4, -0.2) is 29.6 Å². The molecule has 1 aliphatic heterocycles. The number of imidazole rings is 1. The molecule has 1 saturated heterocycles. The van der Waals surface area contributed by atoms with E-state index >= 15 is 0 Å². The van der Waals surface area contributed by atoms with Crippen molar-refractivity contribution in [3.05, 3.63) is 77.6 Å². The van der Waals surface area contributed by atoms with Crippen LogP contribution in [0.2, 0.25) is 5.02 Å². The van der Waals surface area contributed by atoms with Gasteiger partial charge in [-0.25, -0.2) is 4.98 Å². The number of rotatable bonds is 6. The minimum Gasteiger partial charge on any atom is -0.495 e. The summed E-state index contributed by atoms with van der Waals surface area (Å²) < 4.78 is 13.7. The third-order valence-corrected chi connectivity index (χ3v) is 6.23. The lowest BCUT2D eigenvalue weighted by molar-refractivity contribution is 0.305. The number of aromatic nitrogens is 2. The Kier molecular flexibility index (Phi) is 5.91. The smallest absolute Gasteiger partial charge is 0.141 e. The Morgan fingerprint density at radius 1 is 0.969 bits per heavy atom. The molecule has 5 nitrogen and oxygen atoms in total. The van der Waals surface area contributed by atoms with Crippen LogP contribution in [0.1, 0.15) is 24.8 Å². The third-order valence-electron chi connectivity index (χ3n) is 5.93. The number of fused-ring (bicyclic) bond motifs is 1. The number of nitrogens with zero attached hydrogens (tertiary/aromatic N) is 3. The lowest BCUT2D eigenvalue weighted by Gasteiger charge is -2.28. The molecule has 0 radical (unpaired) electrons. The Balaban J connectivity index is 1.50. The van der Waals surface area contributed by atoms with Gasteiger partial charge in [-0.15, -0.1) is 0 Å². The topological polar surface area (TPSA) is 39.0 Å². The minimum atomic E-state index is 0.450. The zero-order valence-corrected chi connectivity index (χ0v) is 18.9. The Morgan fingerprint density at radius 3 is 2.56 bits per heavy atom. The van der Waals surface area contributed by atoms with E-state index < -0.39 is 0 Å². The van der Waals surface area contributed by atoms with Crippen molar-refractivity contribution in [2.45, 2.75) is 25.9 Å². The first-order chi connectivity index (χ1) is 15.7. The molecular formula is C26H26ClN3O2. The van der Waals surface area contributed by atoms with E-state index in [-0.39, 0.29) is 0 Å². The molecule has 164 valence electrons. The summed E-state index contributed by atoms with van der Waals surface area (Å²) in [5.41, 5.74) is 4.88. The van der Waals surface area contributed by atoms with E-state index in [1.807, 2.05) is 53.1 Å². The van der Waals surface area contributed by atoms with Gasteiger partial charge >= 0.3 is 0 Å². The molecular weight excluding hydrogens is 422 g/mol. The highest BCUT2D eigenvalue weighted by atomic mass is 35.5. The molecule has 0 N–H and O–H groups in total. The van der Waals surface area contributed by atoms with Gasteiger partial charge in [-0.05, 0) is 37.0 Å². The van der Waals surface area contributed by atoms with Crippen LogP contribution in [0.3, 0.4) is 0 Å². The van der Waals surface area contributed by atoms with Gasteiger partial charge in [0, 0.05) is 48.9 Å². The van der Waals surface area contributed by atoms with Crippen molar-refractivity contribution in [3.8, 4) is 22.8 Å². The zero-order valence-electron chi connectivity index (χ0n) is 18.1. The van der Waals surface area contributed by atoms with Crippen LogP contribution in [0, 0.1) is 0 Å². The monoisotopic (exact) mass is 447 g/mol. The summed E-state index contributed by atoms with van der Waals surface area (Å²) in [5.74, 6) is 1.27. The predicted molar refractivity (Wildman–Crippen MR) is 129 cm³/mol. The first-order valence-electron chi connectivity index (χ1n) is 11.0. The van der Waals surface area contributed by atoms with Gasteiger partial charge < -0.3 is 18.8 Å². The van der Waals surface area contributed by atoms with E-state index in [9.17, 15) is 0 Å². The molecule has 3 heterocycles. The normalized spacial score (nSPS) is 14.0. The van der Waals surface area contributed by atoms with Crippen molar-refractivity contribution < 1.29 is 9.47 Å². The highest BCUT2D eigenvalue weighted by Gasteiger charge is 2.17. The van der Waals surface area contributed by atoms with Crippen LogP contribution in [0.15, 0.2) is 67.0 Å². The Hall–Kier alpha value is -3.18. The van der Waals surface area contributed by atoms with E-state index in [0.29, 0.717) is 23.1 Å². The summed E-state index contributed by atoms with van der Waals surface area (Å²) in [6.45, 7) is 2.66. The van der Waals surface area contributed by atoms with Gasteiger partial charge in [0.2, 0.25) is 0 Å². The maximum Gasteiger partial charge on any atom is 0.141 e. The molecule has 5 rings (SSSR count). The van der Waals surface area contributed by atoms with E-state index in [2.05, 4.69) is 23.2 Å². The fourth-order valence-electron chi connectivity index (χ4n) is 4.20. The van der Waals surface area contributed by atoms with Crippen LogP contribution in [0.5, 0.6) is 11.5 Å². The lowest BCUT2D eigenvalue weighted by Crippen LogP contribution is -2.29. The first-order valence-corrected chi connectivity index (χ1v) is 11.4. The number of benzene rings is 2. The zero-order chi connectivity index (χ0) is 21.9. The number of piperidine rings is 1. The molecule has 0 atom stereocenters. The molecule has 0 unspecified atom stereocenters. The van der Waals surface area contributed by atoms with E-state index in [1.54, 1.807) is 7.11 Å². The summed E-state index contributed by atoms with van der Waals surface area (Å²) in [6.07, 6.45) is 7.90. The molecule has 0 amide bonds. The molecule has 32 heavy (non-hydrogen) atoms. The van der Waals surface area contributed by atoms with E-state index in [1.165, 1.54) is 24.9 Å². The number of hydrogen-bond acceptors (Lipinski definition) is 4. The minimum absolute atomic E-state index is 0.450. The number of pyridine rings is 1. The van der Waals surface area contributed by atoms with E-state index in [0.717, 1.165) is 35.6 Å². The predicted octanol–water partition coefficient (Wildman–Crippen LogP) is 6.23. The second-order valence-corrected chi connectivity index (χ2v) is 8.49. The summed E-state index contributed by atoms with van der Waals surface area (Å²) in [6, 6.07) is 18.1. The standard InChI is InChI=1S/C26H26ClN3O2/c1-31-25-16-24(32-18-19-8-4-2-5-9-19)21(15-22(25)27)23-17-30-13-10-20(14-26(30)28-23)29-11-6-3-7-12-29/h2,4-5,8-10,13-17H,3,6-7,11-12,18H2,1H3. The number of ether oxygens (including phenoxy) is 2. The molecule has 0 bridgehead atoms. The highest BCUT2D eigenvalue weighted by Crippen LogP contribution is 2.39. The van der Waals surface area contributed by atoms with Crippen LogP contribution >= 0.6 is 11.6 Å². The van der Waals surface area contributed by atoms with Crippen LogP contribution < -0.4 is 14.4 Å². The molecule has 1 fully saturated rings. The van der Waals surface area contributed by atoms with Gasteiger partial charge in [0.25, 0.3) is 0 Å². The van der Waals surface area contributed by atoms with Gasteiger partial charge in [0.1, 0.15) is 23.8 Å². The summed E-state index contributed by atoms with van der Waals surface area (Å²) in [7, 11) is 1.61. The first kappa shape index (κ1) is 20.7. The fraction of sp³-hybridized carbons (Fsp3) is 0.269. The van der Waals surface area contributed by atoms with Gasteiger partial charge in [-0.3, -0.25) is 0 Å². The van der Waals surface area contributed by atoms with Crippen molar-refractivity contribution in [2.24, 2.45) is 0 Å². The maximum absolute atomic E-state index is 6.47. The Bertz CT molecular complexity index is 1220. The second kappa shape index (κ2) is 9.13. The van der Waals surface area contributed by atoms with Crippen molar-refractivity contribution in [1.82, 2.24) is 9.38 Å². The van der Waals surface area contributed by atoms with Crippen LogP contribution in [0.25, 0.3) is 16.9 Å². The summed E-state index contributed by atoms with van der Waals surface area (Å²) in [5, 5.41) is 0.528. The lowest BCUT2D eigenvalue weighted by atomic mass is 10.1. The fourth-order valence-corrected chi connectivity index (χ4v) is 4.44. The van der Waals surface area contributed by atoms with Gasteiger partial charge in [-0.2, -0.15) is 0 Å². The molecule has 0 spiro atoms. The van der Waals surface area contributed by atoms with Gasteiger partial charge in [-0.1, -0.05) is 41.9 Å². The Morgan fingerprint density at radius 2 is 1.78 bits per heavy atom. The quantitative estimate of drug-likeness (QED) is 0.351. The third kappa shape index (κ3) is 4.26. The SMILES string of the molecule is COc1cc(OCc2ccccc2)c(-c2cn3ccc(N4CCCCC4)cc3n2)cc1Cl. The number of methoxy groups -OCH3 is 1. The van der Waals surface area contributed by atoms with Crippen molar-refractivity contribution in [1.29, 1.82) is 0 Å². The number of anilines is 1. The molecule has 4 aromatic rings. The molecule has 0 saturated carbocycles. The summed E-state index contributed by atoms with van der Waals surface area (Å²) >= 11 is 6.47. The molecule has 1 aliphatic rings. The van der Waals surface area contributed by atoms with Crippen molar-refractivity contribution in [2.75, 3.05) is 25.1 Å². The number of hydrogen-bond donors (Lipinski definition) is 0. The van der Waals surface area contributed by atoms with Crippen LogP contribution in [0.4, 0.5) is 5.69 Å². The second-order valence-electron chi connectivity index (χ2n) is 8.08. The largest absolute Gasteiger partial charge is 0.495 e. The average Bonchev–Trinajstić information content (AvgIpc) is 3.27. The molecule has 2 aromatic heterocycles. The molecule has 6 heteroatoms. The molecule has 0 aliphatic carbocycles. The number of halogens is 1. The van der Waals surface area contributed by atoms with Crippen molar-refractivity contribution >= 4 is 22.9 Å². The van der Waals surface area contributed by atoms with Gasteiger partial charge in [0.05, 0.1) is 17.8 Å². The van der Waals surface area contributed by atoms with E-state index in [4.69, 9.17) is 26.1 Å². The van der Waals surface area contributed by atoms with Crippen LogP contribution in [-0.2, 0) is 6.61 Å². The Labute approximate surface area is 193 Å².